The summed E-state index contributed by atoms with van der Waals surface area (Å²) in [4.78, 5) is 11.7. The molecule has 1 heterocycles. The van der Waals surface area contributed by atoms with Crippen LogP contribution in [0.4, 0.5) is 16.3 Å². The van der Waals surface area contributed by atoms with Crippen LogP contribution in [0.15, 0.2) is 24.5 Å². The standard InChI is InChI=1S/C14H18FN5/c1-9-3-6-12(15)7-11(9)5-4-10(2)19-14-18-8-17-13(16)20-14/h3,6-8,10H,4-5H2,1-2H3,(H3,16,17,18,19,20). The van der Waals surface area contributed by atoms with Crippen LogP contribution >= 0.6 is 0 Å². The summed E-state index contributed by atoms with van der Waals surface area (Å²) in [5.41, 5.74) is 7.61. The van der Waals surface area contributed by atoms with E-state index in [1.165, 1.54) is 12.4 Å². The van der Waals surface area contributed by atoms with E-state index in [0.717, 1.165) is 24.0 Å². The van der Waals surface area contributed by atoms with Crippen LogP contribution in [-0.2, 0) is 6.42 Å². The largest absolute Gasteiger partial charge is 0.368 e. The van der Waals surface area contributed by atoms with Gasteiger partial charge in [0, 0.05) is 6.04 Å². The maximum absolute atomic E-state index is 13.2. The van der Waals surface area contributed by atoms with Crippen molar-refractivity contribution >= 4 is 11.9 Å². The number of hydrogen-bond acceptors (Lipinski definition) is 5. The number of anilines is 2. The molecule has 2 aromatic rings. The maximum atomic E-state index is 13.2. The Kier molecular flexibility index (Phi) is 4.45. The monoisotopic (exact) mass is 275 g/mol. The molecule has 5 nitrogen and oxygen atoms in total. The summed E-state index contributed by atoms with van der Waals surface area (Å²) in [5.74, 6) is 0.452. The van der Waals surface area contributed by atoms with Gasteiger partial charge >= 0.3 is 0 Å². The summed E-state index contributed by atoms with van der Waals surface area (Å²) in [6.45, 7) is 4.01. The molecule has 0 bridgehead atoms. The molecule has 106 valence electrons. The van der Waals surface area contributed by atoms with Crippen molar-refractivity contribution < 1.29 is 4.39 Å². The van der Waals surface area contributed by atoms with E-state index in [-0.39, 0.29) is 17.8 Å². The zero-order valence-electron chi connectivity index (χ0n) is 11.6. The Morgan fingerprint density at radius 3 is 2.90 bits per heavy atom. The minimum atomic E-state index is -0.198. The molecule has 2 rings (SSSR count). The van der Waals surface area contributed by atoms with Crippen molar-refractivity contribution in [1.29, 1.82) is 0 Å². The highest BCUT2D eigenvalue weighted by atomic mass is 19.1. The van der Waals surface area contributed by atoms with E-state index in [0.29, 0.717) is 5.95 Å². The zero-order chi connectivity index (χ0) is 14.5. The Balaban J connectivity index is 1.92. The third-order valence-electron chi connectivity index (χ3n) is 3.12. The molecule has 20 heavy (non-hydrogen) atoms. The van der Waals surface area contributed by atoms with E-state index in [9.17, 15) is 4.39 Å². The highest BCUT2D eigenvalue weighted by Crippen LogP contribution is 2.14. The molecule has 3 N–H and O–H groups in total. The minimum Gasteiger partial charge on any atom is -0.368 e. The maximum Gasteiger partial charge on any atom is 0.227 e. The number of halogens is 1. The molecule has 0 aliphatic heterocycles. The summed E-state index contributed by atoms with van der Waals surface area (Å²) in [7, 11) is 0. The van der Waals surface area contributed by atoms with E-state index >= 15 is 0 Å². The third kappa shape index (κ3) is 3.88. The van der Waals surface area contributed by atoms with Gasteiger partial charge in [0.05, 0.1) is 0 Å². The van der Waals surface area contributed by atoms with Crippen LogP contribution in [0.3, 0.4) is 0 Å². The van der Waals surface area contributed by atoms with E-state index in [1.54, 1.807) is 12.1 Å². The molecule has 0 aliphatic carbocycles. The van der Waals surface area contributed by atoms with E-state index in [2.05, 4.69) is 20.3 Å². The first kappa shape index (κ1) is 14.2. The highest BCUT2D eigenvalue weighted by Gasteiger charge is 2.07. The Labute approximate surface area is 117 Å². The van der Waals surface area contributed by atoms with E-state index in [1.807, 2.05) is 13.8 Å². The van der Waals surface area contributed by atoms with Gasteiger partial charge in [0.15, 0.2) is 0 Å². The quantitative estimate of drug-likeness (QED) is 0.875. The van der Waals surface area contributed by atoms with Crippen LogP contribution in [0.5, 0.6) is 0 Å². The molecule has 1 unspecified atom stereocenters. The van der Waals surface area contributed by atoms with Gasteiger partial charge in [-0.15, -0.1) is 0 Å². The molecule has 0 radical (unpaired) electrons. The lowest BCUT2D eigenvalue weighted by Gasteiger charge is -2.14. The summed E-state index contributed by atoms with van der Waals surface area (Å²) in [5, 5.41) is 3.15. The summed E-state index contributed by atoms with van der Waals surface area (Å²) >= 11 is 0. The van der Waals surface area contributed by atoms with Crippen molar-refractivity contribution in [2.24, 2.45) is 0 Å². The van der Waals surface area contributed by atoms with Gasteiger partial charge in [0.2, 0.25) is 11.9 Å². The molecule has 0 fully saturated rings. The molecule has 0 amide bonds. The Bertz CT molecular complexity index is 588. The lowest BCUT2D eigenvalue weighted by molar-refractivity contribution is 0.621. The fraction of sp³-hybridized carbons (Fsp3) is 0.357. The molecule has 0 spiro atoms. The van der Waals surface area contributed by atoms with Crippen molar-refractivity contribution in [3.63, 3.8) is 0 Å². The molecule has 0 saturated carbocycles. The van der Waals surface area contributed by atoms with Gasteiger partial charge in [-0.3, -0.25) is 0 Å². The molecular weight excluding hydrogens is 257 g/mol. The first-order chi connectivity index (χ1) is 9.54. The van der Waals surface area contributed by atoms with Crippen molar-refractivity contribution in [1.82, 2.24) is 15.0 Å². The predicted molar refractivity (Wildman–Crippen MR) is 76.8 cm³/mol. The van der Waals surface area contributed by atoms with Crippen LogP contribution in [0.1, 0.15) is 24.5 Å². The fourth-order valence-corrected chi connectivity index (χ4v) is 1.95. The number of nitrogen functional groups attached to an aromatic ring is 1. The van der Waals surface area contributed by atoms with E-state index in [4.69, 9.17) is 5.73 Å². The zero-order valence-corrected chi connectivity index (χ0v) is 11.6. The number of nitrogens with two attached hydrogens (primary N) is 1. The average molecular weight is 275 g/mol. The molecule has 1 atom stereocenters. The van der Waals surface area contributed by atoms with Crippen LogP contribution in [0.2, 0.25) is 0 Å². The number of hydrogen-bond donors (Lipinski definition) is 2. The topological polar surface area (TPSA) is 76.7 Å². The number of aromatic nitrogens is 3. The second-order valence-electron chi connectivity index (χ2n) is 4.82. The summed E-state index contributed by atoms with van der Waals surface area (Å²) in [6.07, 6.45) is 3.00. The predicted octanol–water partition coefficient (Wildman–Crippen LogP) is 2.33. The van der Waals surface area contributed by atoms with Crippen LogP contribution in [0.25, 0.3) is 0 Å². The number of aryl methyl sites for hydroxylation is 2. The van der Waals surface area contributed by atoms with Gasteiger partial charge in [-0.1, -0.05) is 6.07 Å². The van der Waals surface area contributed by atoms with Crippen LogP contribution in [-0.4, -0.2) is 21.0 Å². The van der Waals surface area contributed by atoms with Gasteiger partial charge in [-0.25, -0.2) is 14.4 Å². The highest BCUT2D eigenvalue weighted by molar-refractivity contribution is 5.30. The van der Waals surface area contributed by atoms with Crippen molar-refractivity contribution in [3.8, 4) is 0 Å². The van der Waals surface area contributed by atoms with Gasteiger partial charge in [-0.05, 0) is 49.9 Å². The second-order valence-corrected chi connectivity index (χ2v) is 4.82. The van der Waals surface area contributed by atoms with E-state index < -0.39 is 0 Å². The average Bonchev–Trinajstić information content (AvgIpc) is 2.40. The van der Waals surface area contributed by atoms with Gasteiger partial charge in [0.1, 0.15) is 12.1 Å². The smallest absolute Gasteiger partial charge is 0.227 e. The Hall–Kier alpha value is -2.24. The number of benzene rings is 1. The van der Waals surface area contributed by atoms with Crippen molar-refractivity contribution in [3.05, 3.63) is 41.5 Å². The Morgan fingerprint density at radius 1 is 1.35 bits per heavy atom. The molecule has 1 aromatic carbocycles. The summed E-state index contributed by atoms with van der Waals surface area (Å²) in [6, 6.07) is 5.02. The number of nitrogens with one attached hydrogen (secondary N) is 1. The fourth-order valence-electron chi connectivity index (χ4n) is 1.95. The molecule has 6 heteroatoms. The molecule has 0 aliphatic rings. The third-order valence-corrected chi connectivity index (χ3v) is 3.12. The van der Waals surface area contributed by atoms with Crippen LogP contribution < -0.4 is 11.1 Å². The SMILES string of the molecule is Cc1ccc(F)cc1CCC(C)Nc1ncnc(N)n1. The second kappa shape index (κ2) is 6.27. The first-order valence-corrected chi connectivity index (χ1v) is 6.50. The molecule has 0 saturated heterocycles. The molecule has 1 aromatic heterocycles. The van der Waals surface area contributed by atoms with Gasteiger partial charge < -0.3 is 11.1 Å². The normalized spacial score (nSPS) is 12.2. The minimum absolute atomic E-state index is 0.152. The Morgan fingerprint density at radius 2 is 2.15 bits per heavy atom. The van der Waals surface area contributed by atoms with Crippen LogP contribution in [0, 0.1) is 12.7 Å². The number of nitrogens with zero attached hydrogens (tertiary/aromatic N) is 3. The van der Waals surface area contributed by atoms with Crippen molar-refractivity contribution in [2.75, 3.05) is 11.1 Å². The molecular formula is C14H18FN5. The summed E-state index contributed by atoms with van der Waals surface area (Å²) < 4.78 is 13.2. The number of rotatable bonds is 5. The lowest BCUT2D eigenvalue weighted by atomic mass is 10.0. The van der Waals surface area contributed by atoms with Gasteiger partial charge in [-0.2, -0.15) is 4.98 Å². The van der Waals surface area contributed by atoms with Crippen molar-refractivity contribution in [2.45, 2.75) is 32.7 Å². The van der Waals surface area contributed by atoms with Gasteiger partial charge in [0.25, 0.3) is 0 Å². The lowest BCUT2D eigenvalue weighted by Crippen LogP contribution is -2.18. The first-order valence-electron chi connectivity index (χ1n) is 6.50.